The van der Waals surface area contributed by atoms with Crippen molar-refractivity contribution in [1.82, 2.24) is 19.7 Å². The Balaban J connectivity index is 2.40. The van der Waals surface area contributed by atoms with Crippen LogP contribution < -0.4 is 0 Å². The molecular formula is C14H16N4O2. The summed E-state index contributed by atoms with van der Waals surface area (Å²) in [6, 6.07) is 1.83. The molecule has 0 aliphatic heterocycles. The molecule has 20 heavy (non-hydrogen) atoms. The maximum absolute atomic E-state index is 10.5. The summed E-state index contributed by atoms with van der Waals surface area (Å²) in [7, 11) is 0. The molecule has 0 bridgehead atoms. The molecule has 0 radical (unpaired) electrons. The minimum atomic E-state index is -0.987. The number of hydrogen-bond donors (Lipinski definition) is 1. The number of nitrogens with zero attached hydrogens (tertiary/aromatic N) is 4. The van der Waals surface area contributed by atoms with Gasteiger partial charge in [-0.25, -0.2) is 14.5 Å². The van der Waals surface area contributed by atoms with Gasteiger partial charge in [0.15, 0.2) is 5.82 Å². The smallest absolute Gasteiger partial charge is 0.328 e. The van der Waals surface area contributed by atoms with E-state index in [4.69, 9.17) is 5.11 Å². The lowest BCUT2D eigenvalue weighted by atomic mass is 10.2. The molecule has 0 aromatic carbocycles. The molecule has 0 amide bonds. The number of hydrogen-bond acceptors (Lipinski definition) is 4. The number of aliphatic carboxylic acids is 1. The number of carboxylic acid groups (broad SMARTS) is 1. The van der Waals surface area contributed by atoms with E-state index >= 15 is 0 Å². The number of carboxylic acids is 1. The van der Waals surface area contributed by atoms with Crippen molar-refractivity contribution >= 4 is 12.0 Å². The fourth-order valence-corrected chi connectivity index (χ4v) is 1.80. The predicted molar refractivity (Wildman–Crippen MR) is 74.6 cm³/mol. The normalized spacial score (nSPS) is 11.1. The van der Waals surface area contributed by atoms with E-state index in [1.54, 1.807) is 17.1 Å². The molecule has 0 saturated heterocycles. The molecular weight excluding hydrogens is 256 g/mol. The summed E-state index contributed by atoms with van der Waals surface area (Å²) >= 11 is 0. The van der Waals surface area contributed by atoms with Crippen molar-refractivity contribution in [3.05, 3.63) is 41.7 Å². The third-order valence-corrected chi connectivity index (χ3v) is 2.76. The highest BCUT2D eigenvalue weighted by molar-refractivity contribution is 5.85. The van der Waals surface area contributed by atoms with E-state index in [-0.39, 0.29) is 0 Å². The van der Waals surface area contributed by atoms with Gasteiger partial charge in [-0.1, -0.05) is 13.8 Å². The molecule has 0 atom stereocenters. The van der Waals surface area contributed by atoms with E-state index in [2.05, 4.69) is 15.1 Å². The molecule has 104 valence electrons. The molecule has 2 rings (SSSR count). The van der Waals surface area contributed by atoms with E-state index < -0.39 is 5.97 Å². The van der Waals surface area contributed by atoms with Gasteiger partial charge < -0.3 is 5.11 Å². The molecule has 1 N–H and O–H groups in total. The Hall–Kier alpha value is -2.50. The zero-order valence-corrected chi connectivity index (χ0v) is 11.4. The van der Waals surface area contributed by atoms with Crippen molar-refractivity contribution < 1.29 is 9.90 Å². The number of carbonyl (C=O) groups is 1. The maximum Gasteiger partial charge on any atom is 0.328 e. The SMILES string of the molecule is CCc1nc(CC)n(-c2cncc(/C=C/C(=O)O)c2)n1. The first-order valence-corrected chi connectivity index (χ1v) is 6.45. The van der Waals surface area contributed by atoms with E-state index in [1.807, 2.05) is 19.9 Å². The zero-order chi connectivity index (χ0) is 14.5. The van der Waals surface area contributed by atoms with Gasteiger partial charge in [-0.05, 0) is 17.7 Å². The fourth-order valence-electron chi connectivity index (χ4n) is 1.80. The van der Waals surface area contributed by atoms with E-state index in [9.17, 15) is 4.79 Å². The van der Waals surface area contributed by atoms with Crippen LogP contribution in [0.5, 0.6) is 0 Å². The summed E-state index contributed by atoms with van der Waals surface area (Å²) in [5.74, 6) is 0.662. The van der Waals surface area contributed by atoms with Crippen LogP contribution in [0.4, 0.5) is 0 Å². The Morgan fingerprint density at radius 2 is 2.15 bits per heavy atom. The van der Waals surface area contributed by atoms with Crippen molar-refractivity contribution in [2.75, 3.05) is 0 Å². The zero-order valence-electron chi connectivity index (χ0n) is 11.4. The predicted octanol–water partition coefficient (Wildman–Crippen LogP) is 1.88. The molecule has 0 spiro atoms. The van der Waals surface area contributed by atoms with Crippen LogP contribution in [0.25, 0.3) is 11.8 Å². The third-order valence-electron chi connectivity index (χ3n) is 2.76. The lowest BCUT2D eigenvalue weighted by Crippen LogP contribution is -2.03. The second kappa shape index (κ2) is 6.10. The molecule has 6 nitrogen and oxygen atoms in total. The van der Waals surface area contributed by atoms with Crippen molar-refractivity contribution in [3.8, 4) is 5.69 Å². The second-order valence-corrected chi connectivity index (χ2v) is 4.21. The molecule has 6 heteroatoms. The van der Waals surface area contributed by atoms with Gasteiger partial charge in [0.1, 0.15) is 5.82 Å². The maximum atomic E-state index is 10.5. The van der Waals surface area contributed by atoms with Crippen LogP contribution in [0.3, 0.4) is 0 Å². The molecule has 2 aromatic rings. The summed E-state index contributed by atoms with van der Waals surface area (Å²) in [4.78, 5) is 19.1. The van der Waals surface area contributed by atoms with Gasteiger partial charge in [0.05, 0.1) is 11.9 Å². The quantitative estimate of drug-likeness (QED) is 0.840. The Kier molecular flexibility index (Phi) is 4.24. The van der Waals surface area contributed by atoms with Crippen molar-refractivity contribution in [3.63, 3.8) is 0 Å². The first-order chi connectivity index (χ1) is 9.63. The lowest BCUT2D eigenvalue weighted by molar-refractivity contribution is -0.131. The summed E-state index contributed by atoms with van der Waals surface area (Å²) in [5, 5.41) is 13.1. The molecule has 2 aromatic heterocycles. The largest absolute Gasteiger partial charge is 0.478 e. The lowest BCUT2D eigenvalue weighted by Gasteiger charge is -2.04. The molecule has 0 fully saturated rings. The Labute approximate surface area is 116 Å². The van der Waals surface area contributed by atoms with Crippen LogP contribution in [-0.4, -0.2) is 30.8 Å². The number of aryl methyl sites for hydroxylation is 2. The van der Waals surface area contributed by atoms with Gasteiger partial charge in [0.25, 0.3) is 0 Å². The Morgan fingerprint density at radius 3 is 2.80 bits per heavy atom. The van der Waals surface area contributed by atoms with Crippen LogP contribution in [-0.2, 0) is 17.6 Å². The van der Waals surface area contributed by atoms with E-state index in [0.29, 0.717) is 5.56 Å². The number of rotatable bonds is 5. The van der Waals surface area contributed by atoms with Crippen LogP contribution >= 0.6 is 0 Å². The van der Waals surface area contributed by atoms with Gasteiger partial charge in [0.2, 0.25) is 0 Å². The van der Waals surface area contributed by atoms with Gasteiger partial charge in [-0.15, -0.1) is 0 Å². The molecule has 0 aliphatic carbocycles. The Morgan fingerprint density at radius 1 is 1.35 bits per heavy atom. The first kappa shape index (κ1) is 13.9. The minimum Gasteiger partial charge on any atom is -0.478 e. The van der Waals surface area contributed by atoms with Crippen LogP contribution in [0, 0.1) is 0 Å². The average Bonchev–Trinajstić information content (AvgIpc) is 2.89. The molecule has 0 unspecified atom stereocenters. The highest BCUT2D eigenvalue weighted by Gasteiger charge is 2.09. The fraction of sp³-hybridized carbons (Fsp3) is 0.286. The molecule has 0 saturated carbocycles. The van der Waals surface area contributed by atoms with Gasteiger partial charge in [-0.3, -0.25) is 4.98 Å². The van der Waals surface area contributed by atoms with Gasteiger partial charge in [0, 0.05) is 25.1 Å². The average molecular weight is 272 g/mol. The van der Waals surface area contributed by atoms with Gasteiger partial charge >= 0.3 is 5.97 Å². The number of aromatic nitrogens is 4. The summed E-state index contributed by atoms with van der Waals surface area (Å²) in [5.41, 5.74) is 1.49. The topological polar surface area (TPSA) is 80.9 Å². The van der Waals surface area contributed by atoms with Crippen LogP contribution in [0.15, 0.2) is 24.5 Å². The van der Waals surface area contributed by atoms with Crippen molar-refractivity contribution in [2.45, 2.75) is 26.7 Å². The van der Waals surface area contributed by atoms with Crippen molar-refractivity contribution in [1.29, 1.82) is 0 Å². The summed E-state index contributed by atoms with van der Waals surface area (Å²) < 4.78 is 1.75. The monoisotopic (exact) mass is 272 g/mol. The molecule has 2 heterocycles. The highest BCUT2D eigenvalue weighted by atomic mass is 16.4. The summed E-state index contributed by atoms with van der Waals surface area (Å²) in [6.07, 6.45) is 7.41. The second-order valence-electron chi connectivity index (χ2n) is 4.21. The van der Waals surface area contributed by atoms with E-state index in [1.165, 1.54) is 6.08 Å². The highest BCUT2D eigenvalue weighted by Crippen LogP contribution is 2.12. The minimum absolute atomic E-state index is 0.709. The van der Waals surface area contributed by atoms with Crippen LogP contribution in [0.2, 0.25) is 0 Å². The Bertz CT molecular complexity index is 646. The summed E-state index contributed by atoms with van der Waals surface area (Å²) in [6.45, 7) is 4.02. The third kappa shape index (κ3) is 3.09. The van der Waals surface area contributed by atoms with Crippen molar-refractivity contribution in [2.24, 2.45) is 0 Å². The van der Waals surface area contributed by atoms with Gasteiger partial charge in [-0.2, -0.15) is 5.10 Å². The number of pyridine rings is 1. The first-order valence-electron chi connectivity index (χ1n) is 6.45. The standard InChI is InChI=1S/C14H16N4O2/c1-3-12-16-13(4-2)18(17-12)11-7-10(8-15-9-11)5-6-14(19)20/h5-9H,3-4H2,1-2H3,(H,19,20)/b6-5+. The molecule has 0 aliphatic rings. The van der Waals surface area contributed by atoms with E-state index in [0.717, 1.165) is 36.3 Å². The van der Waals surface area contributed by atoms with Crippen LogP contribution in [0.1, 0.15) is 31.1 Å².